The SMILES string of the molecule is CCCN(CC)CCn1c(N)cc(=O)[nH]c1=O. The Balaban J connectivity index is 2.75. The molecule has 6 heteroatoms. The zero-order valence-electron chi connectivity index (χ0n) is 10.4. The lowest BCUT2D eigenvalue weighted by molar-refractivity contribution is 0.275. The van der Waals surface area contributed by atoms with E-state index in [4.69, 9.17) is 5.73 Å². The Kier molecular flexibility index (Phi) is 4.96. The number of hydrogen-bond donors (Lipinski definition) is 2. The van der Waals surface area contributed by atoms with Crippen LogP contribution in [0.25, 0.3) is 0 Å². The van der Waals surface area contributed by atoms with E-state index in [1.165, 1.54) is 10.6 Å². The standard InChI is InChI=1S/C11H20N4O2/c1-3-5-14(4-2)6-7-15-9(12)8-10(16)13-11(15)17/h8H,3-7,12H2,1-2H3,(H,13,16,17). The second kappa shape index (κ2) is 6.24. The van der Waals surface area contributed by atoms with Gasteiger partial charge < -0.3 is 10.6 Å². The first-order valence-corrected chi connectivity index (χ1v) is 5.90. The first-order valence-electron chi connectivity index (χ1n) is 5.90. The van der Waals surface area contributed by atoms with Gasteiger partial charge in [-0.05, 0) is 19.5 Å². The van der Waals surface area contributed by atoms with Crippen LogP contribution in [0.4, 0.5) is 5.82 Å². The van der Waals surface area contributed by atoms with Crippen molar-refractivity contribution in [1.82, 2.24) is 14.5 Å². The van der Waals surface area contributed by atoms with E-state index in [2.05, 4.69) is 23.7 Å². The molecule has 0 aliphatic heterocycles. The van der Waals surface area contributed by atoms with Gasteiger partial charge in [0.2, 0.25) is 0 Å². The summed E-state index contributed by atoms with van der Waals surface area (Å²) in [5.41, 5.74) is 4.75. The fourth-order valence-corrected chi connectivity index (χ4v) is 1.75. The molecule has 1 rings (SSSR count). The molecule has 0 fully saturated rings. The van der Waals surface area contributed by atoms with Crippen LogP contribution in [0.1, 0.15) is 20.3 Å². The number of nitrogens with two attached hydrogens (primary N) is 1. The number of rotatable bonds is 6. The van der Waals surface area contributed by atoms with Gasteiger partial charge in [-0.3, -0.25) is 14.3 Å². The summed E-state index contributed by atoms with van der Waals surface area (Å²) < 4.78 is 1.39. The number of nitrogens with zero attached hydrogens (tertiary/aromatic N) is 2. The van der Waals surface area contributed by atoms with Crippen LogP contribution in [0.2, 0.25) is 0 Å². The van der Waals surface area contributed by atoms with E-state index in [0.717, 1.165) is 26.1 Å². The Labute approximate surface area is 100 Å². The summed E-state index contributed by atoms with van der Waals surface area (Å²) in [6.45, 7) is 7.37. The van der Waals surface area contributed by atoms with Gasteiger partial charge in [-0.25, -0.2) is 4.79 Å². The summed E-state index contributed by atoms with van der Waals surface area (Å²) in [7, 11) is 0. The smallest absolute Gasteiger partial charge is 0.329 e. The number of nitrogens with one attached hydrogen (secondary N) is 1. The summed E-state index contributed by atoms with van der Waals surface area (Å²) in [5.74, 6) is 0.214. The normalized spacial score (nSPS) is 11.0. The highest BCUT2D eigenvalue weighted by molar-refractivity contribution is 5.26. The highest BCUT2D eigenvalue weighted by atomic mass is 16.2. The molecule has 96 valence electrons. The van der Waals surface area contributed by atoms with Crippen LogP contribution in [-0.4, -0.2) is 34.1 Å². The number of hydrogen-bond acceptors (Lipinski definition) is 4. The van der Waals surface area contributed by atoms with Crippen LogP contribution in [0.3, 0.4) is 0 Å². The Morgan fingerprint density at radius 3 is 2.59 bits per heavy atom. The highest BCUT2D eigenvalue weighted by Gasteiger charge is 2.05. The summed E-state index contributed by atoms with van der Waals surface area (Å²) in [6.07, 6.45) is 1.07. The third kappa shape index (κ3) is 3.74. The maximum Gasteiger partial charge on any atom is 0.329 e. The van der Waals surface area contributed by atoms with E-state index in [9.17, 15) is 9.59 Å². The maximum atomic E-state index is 11.5. The number of aromatic amines is 1. The van der Waals surface area contributed by atoms with E-state index in [1.807, 2.05) is 0 Å². The van der Waals surface area contributed by atoms with Crippen LogP contribution in [0, 0.1) is 0 Å². The van der Waals surface area contributed by atoms with Crippen molar-refractivity contribution in [2.75, 3.05) is 25.4 Å². The molecule has 0 saturated heterocycles. The van der Waals surface area contributed by atoms with E-state index in [0.29, 0.717) is 6.54 Å². The molecule has 0 spiro atoms. The van der Waals surface area contributed by atoms with Crippen molar-refractivity contribution in [1.29, 1.82) is 0 Å². The van der Waals surface area contributed by atoms with E-state index < -0.39 is 11.2 Å². The third-order valence-electron chi connectivity index (χ3n) is 2.69. The monoisotopic (exact) mass is 240 g/mol. The number of nitrogen functional groups attached to an aromatic ring is 1. The lowest BCUT2D eigenvalue weighted by Gasteiger charge is -2.20. The van der Waals surface area contributed by atoms with Crippen molar-refractivity contribution in [2.45, 2.75) is 26.8 Å². The summed E-state index contributed by atoms with van der Waals surface area (Å²) >= 11 is 0. The number of likely N-dealkylation sites (N-methyl/N-ethyl adjacent to an activating group) is 1. The molecule has 0 aliphatic rings. The van der Waals surface area contributed by atoms with Gasteiger partial charge in [0.05, 0.1) is 0 Å². The van der Waals surface area contributed by atoms with Crippen LogP contribution >= 0.6 is 0 Å². The molecule has 0 radical (unpaired) electrons. The maximum absolute atomic E-state index is 11.5. The average Bonchev–Trinajstić information content (AvgIpc) is 2.26. The molecule has 0 bridgehead atoms. The molecule has 3 N–H and O–H groups in total. The Bertz CT molecular complexity index is 463. The van der Waals surface area contributed by atoms with Gasteiger partial charge in [0, 0.05) is 19.2 Å². The van der Waals surface area contributed by atoms with E-state index >= 15 is 0 Å². The van der Waals surface area contributed by atoms with Gasteiger partial charge >= 0.3 is 5.69 Å². The van der Waals surface area contributed by atoms with Gasteiger partial charge in [0.1, 0.15) is 5.82 Å². The largest absolute Gasteiger partial charge is 0.385 e. The molecule has 0 atom stereocenters. The first-order chi connectivity index (χ1) is 8.08. The minimum absolute atomic E-state index is 0.214. The van der Waals surface area contributed by atoms with Crippen molar-refractivity contribution in [3.05, 3.63) is 26.9 Å². The van der Waals surface area contributed by atoms with E-state index in [1.54, 1.807) is 0 Å². The van der Waals surface area contributed by atoms with Gasteiger partial charge in [0.25, 0.3) is 5.56 Å². The fourth-order valence-electron chi connectivity index (χ4n) is 1.75. The van der Waals surface area contributed by atoms with Crippen molar-refractivity contribution < 1.29 is 0 Å². The zero-order chi connectivity index (χ0) is 12.8. The van der Waals surface area contributed by atoms with Gasteiger partial charge in [-0.2, -0.15) is 0 Å². The van der Waals surface area contributed by atoms with Gasteiger partial charge in [-0.15, -0.1) is 0 Å². The second-order valence-corrected chi connectivity index (χ2v) is 3.95. The zero-order valence-corrected chi connectivity index (χ0v) is 10.4. The Morgan fingerprint density at radius 1 is 1.35 bits per heavy atom. The number of H-pyrrole nitrogens is 1. The van der Waals surface area contributed by atoms with E-state index in [-0.39, 0.29) is 5.82 Å². The number of aromatic nitrogens is 2. The fraction of sp³-hybridized carbons (Fsp3) is 0.636. The summed E-state index contributed by atoms with van der Waals surface area (Å²) in [5, 5.41) is 0. The van der Waals surface area contributed by atoms with Crippen LogP contribution < -0.4 is 17.0 Å². The molecule has 0 unspecified atom stereocenters. The third-order valence-corrected chi connectivity index (χ3v) is 2.69. The van der Waals surface area contributed by atoms with Crippen molar-refractivity contribution in [3.63, 3.8) is 0 Å². The predicted octanol–water partition coefficient (Wildman–Crippen LogP) is -0.149. The van der Waals surface area contributed by atoms with Crippen LogP contribution in [-0.2, 0) is 6.54 Å². The molecule has 6 nitrogen and oxygen atoms in total. The molecule has 0 saturated carbocycles. The first kappa shape index (κ1) is 13.5. The number of anilines is 1. The molecular formula is C11H20N4O2. The van der Waals surface area contributed by atoms with Gasteiger partial charge in [-0.1, -0.05) is 13.8 Å². The highest BCUT2D eigenvalue weighted by Crippen LogP contribution is 1.96. The molecule has 0 aliphatic carbocycles. The van der Waals surface area contributed by atoms with Crippen LogP contribution in [0.5, 0.6) is 0 Å². The van der Waals surface area contributed by atoms with Gasteiger partial charge in [0.15, 0.2) is 0 Å². The van der Waals surface area contributed by atoms with Crippen molar-refractivity contribution >= 4 is 5.82 Å². The average molecular weight is 240 g/mol. The molecule has 17 heavy (non-hydrogen) atoms. The van der Waals surface area contributed by atoms with Crippen molar-refractivity contribution in [2.24, 2.45) is 0 Å². The minimum atomic E-state index is -0.454. The lowest BCUT2D eigenvalue weighted by atomic mass is 10.4. The molecule has 1 heterocycles. The molecule has 1 aromatic heterocycles. The predicted molar refractivity (Wildman–Crippen MR) is 68.1 cm³/mol. The molecule has 0 amide bonds. The Hall–Kier alpha value is -1.56. The van der Waals surface area contributed by atoms with Crippen molar-refractivity contribution in [3.8, 4) is 0 Å². The molecular weight excluding hydrogens is 220 g/mol. The summed E-state index contributed by atoms with van der Waals surface area (Å²) in [6, 6.07) is 1.23. The topological polar surface area (TPSA) is 84.1 Å². The second-order valence-electron chi connectivity index (χ2n) is 3.95. The Morgan fingerprint density at radius 2 is 2.06 bits per heavy atom. The minimum Gasteiger partial charge on any atom is -0.385 e. The quantitative estimate of drug-likeness (QED) is 0.724. The van der Waals surface area contributed by atoms with Crippen LogP contribution in [0.15, 0.2) is 15.7 Å². The lowest BCUT2D eigenvalue weighted by Crippen LogP contribution is -2.36. The molecule has 0 aromatic carbocycles. The molecule has 1 aromatic rings. The summed E-state index contributed by atoms with van der Waals surface area (Å²) in [4.78, 5) is 27.0.